The molecule has 2 heteroatoms. The molecule has 1 N–H and O–H groups in total. The van der Waals surface area contributed by atoms with Gasteiger partial charge in [-0.3, -0.25) is 0 Å². The van der Waals surface area contributed by atoms with Gasteiger partial charge in [-0.1, -0.05) is 50.3 Å². The molecule has 0 heterocycles. The average Bonchev–Trinajstić information content (AvgIpc) is 3.24. The van der Waals surface area contributed by atoms with Crippen LogP contribution < -0.4 is 0 Å². The summed E-state index contributed by atoms with van der Waals surface area (Å²) in [4.78, 5) is 11.0. The van der Waals surface area contributed by atoms with Gasteiger partial charge in [0.15, 0.2) is 0 Å². The second-order valence-electron chi connectivity index (χ2n) is 8.59. The molecule has 2 bridgehead atoms. The van der Waals surface area contributed by atoms with E-state index in [1.165, 1.54) is 30.4 Å². The van der Waals surface area contributed by atoms with Crippen molar-refractivity contribution in [1.82, 2.24) is 0 Å². The Labute approximate surface area is 161 Å². The van der Waals surface area contributed by atoms with Crippen LogP contribution in [0.1, 0.15) is 83.1 Å². The number of fused-ring (bicyclic) bond motifs is 5. The summed E-state index contributed by atoms with van der Waals surface area (Å²) in [7, 11) is 0. The number of hydrogen-bond donors (Lipinski definition) is 1. The van der Waals surface area contributed by atoms with Crippen LogP contribution in [0, 0.1) is 5.92 Å². The Morgan fingerprint density at radius 1 is 1.07 bits per heavy atom. The van der Waals surface area contributed by atoms with E-state index in [4.69, 9.17) is 5.11 Å². The van der Waals surface area contributed by atoms with Gasteiger partial charge in [0.05, 0.1) is 5.56 Å². The molecule has 2 aliphatic rings. The molecule has 0 radical (unpaired) electrons. The summed E-state index contributed by atoms with van der Waals surface area (Å²) in [5.41, 5.74) is 7.62. The van der Waals surface area contributed by atoms with E-state index in [0.29, 0.717) is 11.5 Å². The molecule has 0 spiro atoms. The molecule has 140 valence electrons. The van der Waals surface area contributed by atoms with Crippen molar-refractivity contribution in [3.05, 3.63) is 75.9 Å². The lowest BCUT2D eigenvalue weighted by Crippen LogP contribution is -2.05. The fraction of sp³-hybridized carbons (Fsp3) is 0.400. The zero-order chi connectivity index (χ0) is 19.0. The predicted molar refractivity (Wildman–Crippen MR) is 110 cm³/mol. The summed E-state index contributed by atoms with van der Waals surface area (Å²) in [6.45, 7) is 4.59. The van der Waals surface area contributed by atoms with Crippen molar-refractivity contribution in [3.63, 3.8) is 0 Å². The monoisotopic (exact) mass is 360 g/mol. The fourth-order valence-electron chi connectivity index (χ4n) is 4.86. The van der Waals surface area contributed by atoms with Crippen molar-refractivity contribution in [1.29, 1.82) is 0 Å². The van der Waals surface area contributed by atoms with Gasteiger partial charge in [0.2, 0.25) is 0 Å². The number of aromatic carboxylic acids is 1. The van der Waals surface area contributed by atoms with Crippen molar-refractivity contribution in [3.8, 4) is 0 Å². The zero-order valence-electron chi connectivity index (χ0n) is 16.2. The van der Waals surface area contributed by atoms with Crippen LogP contribution in [0.2, 0.25) is 0 Å². The minimum Gasteiger partial charge on any atom is -0.478 e. The highest BCUT2D eigenvalue weighted by Gasteiger charge is 2.37. The predicted octanol–water partition coefficient (Wildman–Crippen LogP) is 6.20. The third-order valence-corrected chi connectivity index (χ3v) is 6.15. The topological polar surface area (TPSA) is 37.3 Å². The van der Waals surface area contributed by atoms with Crippen molar-refractivity contribution in [2.24, 2.45) is 5.92 Å². The molecule has 0 aliphatic heterocycles. The largest absolute Gasteiger partial charge is 0.478 e. The van der Waals surface area contributed by atoms with Gasteiger partial charge in [-0.05, 0) is 89.8 Å². The number of benzene rings is 2. The van der Waals surface area contributed by atoms with Crippen molar-refractivity contribution >= 4 is 12.0 Å². The molecule has 2 atom stereocenters. The highest BCUT2D eigenvalue weighted by molar-refractivity contribution is 5.87. The SMILES string of the molecule is CC(C)Cc1cc2c(cc1C/C=C\c1ccc(C(=O)O)cc1)C1CCC2C1. The standard InChI is InChI=1S/C25H28O2/c1-16(2)12-22-15-24-21-11-10-20(13-21)23(24)14-19(22)5-3-4-17-6-8-18(9-7-17)25(26)27/h3-4,6-9,14-16,20-21H,5,10-13H2,1-2H3,(H,26,27)/b4-3-. The lowest BCUT2D eigenvalue weighted by Gasteiger charge is -2.20. The Morgan fingerprint density at radius 2 is 1.70 bits per heavy atom. The second-order valence-corrected chi connectivity index (χ2v) is 8.59. The summed E-state index contributed by atoms with van der Waals surface area (Å²) in [6.07, 6.45) is 10.5. The molecule has 2 unspecified atom stereocenters. The second kappa shape index (κ2) is 7.34. The van der Waals surface area contributed by atoms with E-state index in [1.54, 1.807) is 23.3 Å². The molecule has 2 aromatic rings. The lowest BCUT2D eigenvalue weighted by atomic mass is 9.85. The first-order valence-corrected chi connectivity index (χ1v) is 10.2. The first-order chi connectivity index (χ1) is 13.0. The van der Waals surface area contributed by atoms with Gasteiger partial charge in [0, 0.05) is 0 Å². The summed E-state index contributed by atoms with van der Waals surface area (Å²) in [6, 6.07) is 12.1. The Morgan fingerprint density at radius 3 is 2.30 bits per heavy atom. The smallest absolute Gasteiger partial charge is 0.335 e. The van der Waals surface area contributed by atoms with E-state index in [1.807, 2.05) is 12.1 Å². The molecule has 0 saturated heterocycles. The van der Waals surface area contributed by atoms with Gasteiger partial charge in [0.25, 0.3) is 0 Å². The van der Waals surface area contributed by atoms with Crippen LogP contribution in [-0.2, 0) is 12.8 Å². The summed E-state index contributed by atoms with van der Waals surface area (Å²) in [5.74, 6) is 1.39. The number of rotatable bonds is 6. The molecule has 4 rings (SSSR count). The quantitative estimate of drug-likeness (QED) is 0.665. The fourth-order valence-corrected chi connectivity index (χ4v) is 4.86. The van der Waals surface area contributed by atoms with Crippen LogP contribution in [0.15, 0.2) is 42.5 Å². The first kappa shape index (κ1) is 18.0. The van der Waals surface area contributed by atoms with Crippen LogP contribution >= 0.6 is 0 Å². The van der Waals surface area contributed by atoms with E-state index in [-0.39, 0.29) is 0 Å². The van der Waals surface area contributed by atoms with Crippen LogP contribution in [-0.4, -0.2) is 11.1 Å². The van der Waals surface area contributed by atoms with E-state index in [2.05, 4.69) is 38.1 Å². The molecule has 2 aliphatic carbocycles. The maximum absolute atomic E-state index is 11.0. The van der Waals surface area contributed by atoms with Gasteiger partial charge in [-0.25, -0.2) is 4.79 Å². The van der Waals surface area contributed by atoms with E-state index in [9.17, 15) is 4.79 Å². The van der Waals surface area contributed by atoms with Gasteiger partial charge in [0.1, 0.15) is 0 Å². The molecule has 1 saturated carbocycles. The first-order valence-electron chi connectivity index (χ1n) is 10.2. The maximum atomic E-state index is 11.0. The zero-order valence-corrected chi connectivity index (χ0v) is 16.2. The van der Waals surface area contributed by atoms with Crippen LogP contribution in [0.5, 0.6) is 0 Å². The van der Waals surface area contributed by atoms with Gasteiger partial charge < -0.3 is 5.11 Å². The lowest BCUT2D eigenvalue weighted by molar-refractivity contribution is 0.0697. The molecular formula is C25H28O2. The molecule has 0 aromatic heterocycles. The number of carbonyl (C=O) groups is 1. The molecule has 2 nitrogen and oxygen atoms in total. The molecule has 27 heavy (non-hydrogen) atoms. The average molecular weight is 360 g/mol. The Hall–Kier alpha value is -2.35. The highest BCUT2D eigenvalue weighted by atomic mass is 16.4. The Bertz CT molecular complexity index is 874. The highest BCUT2D eigenvalue weighted by Crippen LogP contribution is 2.53. The Balaban J connectivity index is 1.55. The summed E-state index contributed by atoms with van der Waals surface area (Å²) < 4.78 is 0. The number of carboxylic acid groups (broad SMARTS) is 1. The van der Waals surface area contributed by atoms with Gasteiger partial charge in [-0.15, -0.1) is 0 Å². The molecular weight excluding hydrogens is 332 g/mol. The number of hydrogen-bond acceptors (Lipinski definition) is 1. The minimum atomic E-state index is -0.878. The summed E-state index contributed by atoms with van der Waals surface area (Å²) >= 11 is 0. The molecule has 0 amide bonds. The van der Waals surface area contributed by atoms with Crippen LogP contribution in [0.3, 0.4) is 0 Å². The van der Waals surface area contributed by atoms with Gasteiger partial charge in [-0.2, -0.15) is 0 Å². The summed E-state index contributed by atoms with van der Waals surface area (Å²) in [5, 5.41) is 9.01. The molecule has 1 fully saturated rings. The Kier molecular flexibility index (Phi) is 4.90. The number of allylic oxidation sites excluding steroid dienone is 1. The van der Waals surface area contributed by atoms with E-state index in [0.717, 1.165) is 30.2 Å². The van der Waals surface area contributed by atoms with Crippen molar-refractivity contribution in [2.45, 2.75) is 57.8 Å². The van der Waals surface area contributed by atoms with Crippen molar-refractivity contribution in [2.75, 3.05) is 0 Å². The van der Waals surface area contributed by atoms with Crippen molar-refractivity contribution < 1.29 is 9.90 Å². The minimum absolute atomic E-state index is 0.333. The maximum Gasteiger partial charge on any atom is 0.335 e. The van der Waals surface area contributed by atoms with E-state index < -0.39 is 5.97 Å². The van der Waals surface area contributed by atoms with Gasteiger partial charge >= 0.3 is 5.97 Å². The third-order valence-electron chi connectivity index (χ3n) is 6.15. The normalized spacial score (nSPS) is 20.6. The van der Waals surface area contributed by atoms with Crippen LogP contribution in [0.4, 0.5) is 0 Å². The number of carboxylic acids is 1. The third kappa shape index (κ3) is 3.71. The van der Waals surface area contributed by atoms with Crippen LogP contribution in [0.25, 0.3) is 6.08 Å². The molecule has 2 aromatic carbocycles. The van der Waals surface area contributed by atoms with E-state index >= 15 is 0 Å².